The normalized spacial score (nSPS) is 9.92. The number of nitrogens with one attached hydrogen (secondary N) is 2. The van der Waals surface area contributed by atoms with Gasteiger partial charge in [0.25, 0.3) is 5.56 Å². The van der Waals surface area contributed by atoms with Gasteiger partial charge in [0.2, 0.25) is 0 Å². The largest absolute Gasteiger partial charge is 0.370 e. The van der Waals surface area contributed by atoms with Crippen molar-refractivity contribution in [2.75, 3.05) is 11.9 Å². The van der Waals surface area contributed by atoms with Gasteiger partial charge in [0.15, 0.2) is 0 Å². The molecule has 0 aliphatic carbocycles. The lowest BCUT2D eigenvalue weighted by atomic mass is 10.2. The van der Waals surface area contributed by atoms with Gasteiger partial charge in [0, 0.05) is 6.54 Å². The molecule has 13 heavy (non-hydrogen) atoms. The highest BCUT2D eigenvalue weighted by atomic mass is 16.1. The molecule has 0 unspecified atom stereocenters. The molecule has 0 aliphatic rings. The van der Waals surface area contributed by atoms with E-state index >= 15 is 0 Å². The number of unbranched alkanes of at least 4 members (excludes halogenated alkanes) is 2. The first-order valence-corrected chi connectivity index (χ1v) is 4.61. The lowest BCUT2D eigenvalue weighted by Gasteiger charge is -2.03. The summed E-state index contributed by atoms with van der Waals surface area (Å²) in [5.74, 6) is 0.698. The standard InChI is InChI=1S/C9H15N3O/c1-2-3-4-5-11-8-6-10-7-9(13)12-8/h6-7H,2-5H2,1H3,(H2,11,12,13). The van der Waals surface area contributed by atoms with Crippen LogP contribution in [0.4, 0.5) is 5.82 Å². The third-order valence-corrected chi connectivity index (χ3v) is 1.75. The van der Waals surface area contributed by atoms with E-state index in [-0.39, 0.29) is 5.56 Å². The number of rotatable bonds is 5. The Balaban J connectivity index is 2.33. The first-order valence-electron chi connectivity index (χ1n) is 4.61. The lowest BCUT2D eigenvalue weighted by Crippen LogP contribution is -2.11. The highest BCUT2D eigenvalue weighted by molar-refractivity contribution is 5.29. The van der Waals surface area contributed by atoms with Crippen LogP contribution in [0.1, 0.15) is 26.2 Å². The van der Waals surface area contributed by atoms with Crippen LogP contribution in [0.15, 0.2) is 17.2 Å². The van der Waals surface area contributed by atoms with Gasteiger partial charge in [-0.15, -0.1) is 0 Å². The quantitative estimate of drug-likeness (QED) is 0.674. The van der Waals surface area contributed by atoms with Crippen LogP contribution in [0, 0.1) is 0 Å². The zero-order valence-corrected chi connectivity index (χ0v) is 7.84. The van der Waals surface area contributed by atoms with Crippen LogP contribution < -0.4 is 10.9 Å². The minimum absolute atomic E-state index is 0.166. The first kappa shape index (κ1) is 9.77. The Hall–Kier alpha value is -1.32. The smallest absolute Gasteiger partial charge is 0.267 e. The van der Waals surface area contributed by atoms with E-state index in [0.29, 0.717) is 5.82 Å². The van der Waals surface area contributed by atoms with E-state index in [1.165, 1.54) is 19.0 Å². The van der Waals surface area contributed by atoms with Crippen LogP contribution >= 0.6 is 0 Å². The van der Waals surface area contributed by atoms with Crippen molar-refractivity contribution in [1.29, 1.82) is 0 Å². The monoisotopic (exact) mass is 181 g/mol. The van der Waals surface area contributed by atoms with E-state index < -0.39 is 0 Å². The van der Waals surface area contributed by atoms with Crippen molar-refractivity contribution in [2.24, 2.45) is 0 Å². The van der Waals surface area contributed by atoms with Crippen molar-refractivity contribution in [3.63, 3.8) is 0 Å². The Morgan fingerprint density at radius 2 is 2.31 bits per heavy atom. The molecular weight excluding hydrogens is 166 g/mol. The van der Waals surface area contributed by atoms with Gasteiger partial charge in [0.05, 0.1) is 12.4 Å². The van der Waals surface area contributed by atoms with E-state index in [0.717, 1.165) is 13.0 Å². The second-order valence-corrected chi connectivity index (χ2v) is 2.94. The third-order valence-electron chi connectivity index (χ3n) is 1.75. The molecular formula is C9H15N3O. The van der Waals surface area contributed by atoms with E-state index in [4.69, 9.17) is 0 Å². The summed E-state index contributed by atoms with van der Waals surface area (Å²) in [6.45, 7) is 3.04. The van der Waals surface area contributed by atoms with Gasteiger partial charge >= 0.3 is 0 Å². The number of anilines is 1. The summed E-state index contributed by atoms with van der Waals surface area (Å²) in [5, 5.41) is 3.10. The minimum atomic E-state index is -0.166. The zero-order chi connectivity index (χ0) is 9.52. The predicted octanol–water partition coefficient (Wildman–Crippen LogP) is 1.37. The zero-order valence-electron chi connectivity index (χ0n) is 7.84. The Morgan fingerprint density at radius 3 is 3.00 bits per heavy atom. The van der Waals surface area contributed by atoms with E-state index in [2.05, 4.69) is 22.2 Å². The maximum Gasteiger partial charge on any atom is 0.267 e. The third kappa shape index (κ3) is 3.73. The molecule has 0 aliphatic heterocycles. The van der Waals surface area contributed by atoms with E-state index in [9.17, 15) is 4.79 Å². The Morgan fingerprint density at radius 1 is 1.46 bits per heavy atom. The van der Waals surface area contributed by atoms with Gasteiger partial charge in [-0.2, -0.15) is 0 Å². The van der Waals surface area contributed by atoms with Gasteiger partial charge < -0.3 is 10.3 Å². The molecule has 0 aromatic carbocycles. The summed E-state index contributed by atoms with van der Waals surface area (Å²) < 4.78 is 0. The number of hydrogen-bond acceptors (Lipinski definition) is 3. The van der Waals surface area contributed by atoms with Crippen molar-refractivity contribution < 1.29 is 0 Å². The number of aromatic nitrogens is 2. The summed E-state index contributed by atoms with van der Waals surface area (Å²) >= 11 is 0. The molecule has 1 aromatic rings. The van der Waals surface area contributed by atoms with Crippen LogP contribution in [0.3, 0.4) is 0 Å². The van der Waals surface area contributed by atoms with Gasteiger partial charge in [-0.1, -0.05) is 19.8 Å². The second kappa shape index (κ2) is 5.35. The topological polar surface area (TPSA) is 57.8 Å². The SMILES string of the molecule is CCCCCNc1cncc(=O)[nH]1. The van der Waals surface area contributed by atoms with Crippen LogP contribution in [-0.2, 0) is 0 Å². The van der Waals surface area contributed by atoms with Gasteiger partial charge in [0.1, 0.15) is 5.82 Å². The Kier molecular flexibility index (Phi) is 4.02. The number of nitrogens with zero attached hydrogens (tertiary/aromatic N) is 1. The minimum Gasteiger partial charge on any atom is -0.370 e. The fourth-order valence-corrected chi connectivity index (χ4v) is 1.06. The summed E-state index contributed by atoms with van der Waals surface area (Å²) in [4.78, 5) is 17.3. The Labute approximate surface area is 77.4 Å². The Bertz CT molecular complexity index is 295. The van der Waals surface area contributed by atoms with Crippen molar-refractivity contribution >= 4 is 5.82 Å². The molecule has 72 valence electrons. The second-order valence-electron chi connectivity index (χ2n) is 2.94. The maximum absolute atomic E-state index is 10.8. The molecule has 0 atom stereocenters. The van der Waals surface area contributed by atoms with Crippen molar-refractivity contribution in [3.05, 3.63) is 22.7 Å². The summed E-state index contributed by atoms with van der Waals surface area (Å²) in [5.41, 5.74) is -0.166. The van der Waals surface area contributed by atoms with E-state index in [1.807, 2.05) is 0 Å². The average molecular weight is 181 g/mol. The average Bonchev–Trinajstić information content (AvgIpc) is 2.13. The lowest BCUT2D eigenvalue weighted by molar-refractivity contribution is 0.742. The number of hydrogen-bond donors (Lipinski definition) is 2. The van der Waals surface area contributed by atoms with Crippen LogP contribution in [0.5, 0.6) is 0 Å². The highest BCUT2D eigenvalue weighted by Crippen LogP contribution is 1.97. The van der Waals surface area contributed by atoms with E-state index in [1.54, 1.807) is 6.20 Å². The maximum atomic E-state index is 10.8. The molecule has 2 N–H and O–H groups in total. The van der Waals surface area contributed by atoms with Crippen LogP contribution in [0.2, 0.25) is 0 Å². The predicted molar refractivity (Wildman–Crippen MR) is 52.9 cm³/mol. The number of H-pyrrole nitrogens is 1. The van der Waals surface area contributed by atoms with Crippen molar-refractivity contribution in [1.82, 2.24) is 9.97 Å². The molecule has 4 heteroatoms. The van der Waals surface area contributed by atoms with Crippen molar-refractivity contribution in [3.8, 4) is 0 Å². The number of aromatic amines is 1. The molecule has 0 saturated heterocycles. The molecule has 1 heterocycles. The molecule has 0 spiro atoms. The summed E-state index contributed by atoms with van der Waals surface area (Å²) in [7, 11) is 0. The molecule has 1 rings (SSSR count). The van der Waals surface area contributed by atoms with Crippen LogP contribution in [0.25, 0.3) is 0 Å². The van der Waals surface area contributed by atoms with Gasteiger partial charge in [-0.25, -0.2) is 0 Å². The molecule has 0 radical (unpaired) electrons. The molecule has 0 amide bonds. The fraction of sp³-hybridized carbons (Fsp3) is 0.556. The molecule has 0 saturated carbocycles. The molecule has 0 fully saturated rings. The first-order chi connectivity index (χ1) is 6.33. The summed E-state index contributed by atoms with van der Waals surface area (Å²) in [6.07, 6.45) is 6.40. The van der Waals surface area contributed by atoms with Gasteiger partial charge in [-0.3, -0.25) is 9.78 Å². The fourth-order valence-electron chi connectivity index (χ4n) is 1.06. The molecule has 1 aromatic heterocycles. The van der Waals surface area contributed by atoms with Gasteiger partial charge in [-0.05, 0) is 6.42 Å². The van der Waals surface area contributed by atoms with Crippen molar-refractivity contribution in [2.45, 2.75) is 26.2 Å². The summed E-state index contributed by atoms with van der Waals surface area (Å²) in [6, 6.07) is 0. The molecule has 4 nitrogen and oxygen atoms in total. The molecule has 0 bridgehead atoms. The highest BCUT2D eigenvalue weighted by Gasteiger charge is 1.91. The van der Waals surface area contributed by atoms with Crippen LogP contribution in [-0.4, -0.2) is 16.5 Å².